The van der Waals surface area contributed by atoms with Gasteiger partial charge in [0.1, 0.15) is 5.75 Å². The summed E-state index contributed by atoms with van der Waals surface area (Å²) in [5, 5.41) is 4.01. The normalized spacial score (nSPS) is 15.4. The van der Waals surface area contributed by atoms with Gasteiger partial charge < -0.3 is 15.2 Å². The first-order chi connectivity index (χ1) is 13.1. The van der Waals surface area contributed by atoms with E-state index in [0.29, 0.717) is 12.5 Å². The molecule has 2 aromatic rings. The Bertz CT molecular complexity index is 790. The molecule has 1 aliphatic heterocycles. The summed E-state index contributed by atoms with van der Waals surface area (Å²) in [7, 11) is 0. The third kappa shape index (κ3) is 5.82. The summed E-state index contributed by atoms with van der Waals surface area (Å²) < 4.78 is 10.6. The molecular formula is C19H24N4O4. The van der Waals surface area contributed by atoms with Crippen molar-refractivity contribution in [3.05, 3.63) is 36.7 Å². The Balaban J connectivity index is 1.35. The Morgan fingerprint density at radius 1 is 1.22 bits per heavy atom. The Kier molecular flexibility index (Phi) is 6.43. The monoisotopic (exact) mass is 372 g/mol. The van der Waals surface area contributed by atoms with Crippen LogP contribution in [-0.2, 0) is 9.53 Å². The highest BCUT2D eigenvalue weighted by Crippen LogP contribution is 2.22. The summed E-state index contributed by atoms with van der Waals surface area (Å²) in [4.78, 5) is 26.2. The lowest BCUT2D eigenvalue weighted by atomic mass is 9.95. The van der Waals surface area contributed by atoms with Gasteiger partial charge in [0.15, 0.2) is 6.61 Å². The minimum Gasteiger partial charge on any atom is -0.494 e. The molecule has 1 aliphatic rings. The Morgan fingerprint density at radius 3 is 2.81 bits per heavy atom. The van der Waals surface area contributed by atoms with E-state index in [1.807, 2.05) is 30.5 Å². The molecule has 1 saturated heterocycles. The number of carbonyl (C=O) groups excluding carboxylic acids is 2. The number of nitrogens with zero attached hydrogens (tertiary/aromatic N) is 2. The lowest BCUT2D eigenvalue weighted by molar-refractivity contribution is -0.121. The van der Waals surface area contributed by atoms with Crippen LogP contribution in [0.2, 0.25) is 0 Å². The molecule has 0 atom stereocenters. The maximum absolute atomic E-state index is 11.5. The molecule has 2 amide bonds. The standard InChI is InChI=1S/C19H24N4O4/c20-18(24)13-27-19(25)22-23-8-4-14(5-9-23)6-10-26-17-2-1-15-3-7-21-12-16(15)11-17/h1-3,7,11-12,14H,4-6,8-10,13H2,(H2,20,24)(H,22,25). The van der Waals surface area contributed by atoms with Gasteiger partial charge in [0.25, 0.3) is 5.91 Å². The first kappa shape index (κ1) is 18.9. The molecule has 2 heterocycles. The third-order valence-electron chi connectivity index (χ3n) is 4.62. The molecule has 0 saturated carbocycles. The molecule has 0 radical (unpaired) electrons. The number of ether oxygens (including phenoxy) is 2. The van der Waals surface area contributed by atoms with E-state index in [0.717, 1.165) is 48.9 Å². The van der Waals surface area contributed by atoms with E-state index in [-0.39, 0.29) is 0 Å². The zero-order valence-corrected chi connectivity index (χ0v) is 15.1. The van der Waals surface area contributed by atoms with Gasteiger partial charge in [-0.3, -0.25) is 15.2 Å². The molecule has 3 N–H and O–H groups in total. The van der Waals surface area contributed by atoms with Crippen LogP contribution in [0, 0.1) is 5.92 Å². The van der Waals surface area contributed by atoms with Crippen LogP contribution in [0.25, 0.3) is 10.8 Å². The second-order valence-electron chi connectivity index (χ2n) is 6.61. The number of fused-ring (bicyclic) bond motifs is 1. The number of hydrogen-bond acceptors (Lipinski definition) is 6. The molecule has 8 nitrogen and oxygen atoms in total. The summed E-state index contributed by atoms with van der Waals surface area (Å²) in [6.07, 6.45) is 5.84. The predicted molar refractivity (Wildman–Crippen MR) is 99.8 cm³/mol. The van der Waals surface area contributed by atoms with Gasteiger partial charge in [-0.25, -0.2) is 9.80 Å². The Hall–Kier alpha value is -2.87. The number of hydrogen-bond donors (Lipinski definition) is 2. The van der Waals surface area contributed by atoms with Gasteiger partial charge in [0, 0.05) is 30.9 Å². The van der Waals surface area contributed by atoms with Gasteiger partial charge in [0.05, 0.1) is 6.61 Å². The van der Waals surface area contributed by atoms with E-state index in [2.05, 4.69) is 15.1 Å². The topological polar surface area (TPSA) is 107 Å². The highest BCUT2D eigenvalue weighted by atomic mass is 16.6. The lowest BCUT2D eigenvalue weighted by Crippen LogP contribution is -2.47. The Labute approximate surface area is 157 Å². The molecule has 0 spiro atoms. The van der Waals surface area contributed by atoms with Crippen LogP contribution in [0.5, 0.6) is 5.75 Å². The molecule has 8 heteroatoms. The fraction of sp³-hybridized carbons (Fsp3) is 0.421. The van der Waals surface area contributed by atoms with Crippen molar-refractivity contribution in [2.45, 2.75) is 19.3 Å². The van der Waals surface area contributed by atoms with Gasteiger partial charge in [0.2, 0.25) is 0 Å². The number of piperidine rings is 1. The highest BCUT2D eigenvalue weighted by Gasteiger charge is 2.21. The van der Waals surface area contributed by atoms with Crippen LogP contribution in [-0.4, -0.2) is 48.3 Å². The van der Waals surface area contributed by atoms with E-state index in [9.17, 15) is 9.59 Å². The van der Waals surface area contributed by atoms with E-state index in [1.54, 1.807) is 11.2 Å². The van der Waals surface area contributed by atoms with Crippen molar-refractivity contribution in [3.8, 4) is 5.75 Å². The SMILES string of the molecule is NC(=O)COC(=O)NN1CCC(CCOc2ccc3ccncc3c2)CC1. The minimum atomic E-state index is -0.675. The summed E-state index contributed by atoms with van der Waals surface area (Å²) in [5.41, 5.74) is 7.56. The number of rotatable bonds is 7. The number of amides is 2. The number of pyridine rings is 1. The van der Waals surface area contributed by atoms with Crippen LogP contribution in [0.3, 0.4) is 0 Å². The average molecular weight is 372 g/mol. The van der Waals surface area contributed by atoms with Crippen molar-refractivity contribution in [1.82, 2.24) is 15.4 Å². The number of benzene rings is 1. The van der Waals surface area contributed by atoms with Gasteiger partial charge in [-0.15, -0.1) is 0 Å². The zero-order chi connectivity index (χ0) is 19.1. The van der Waals surface area contributed by atoms with Crippen molar-refractivity contribution in [3.63, 3.8) is 0 Å². The molecular weight excluding hydrogens is 348 g/mol. The summed E-state index contributed by atoms with van der Waals surface area (Å²) >= 11 is 0. The number of carbonyl (C=O) groups is 2. The molecule has 1 aromatic heterocycles. The first-order valence-corrected chi connectivity index (χ1v) is 9.03. The number of aromatic nitrogens is 1. The van der Waals surface area contributed by atoms with E-state index >= 15 is 0 Å². The van der Waals surface area contributed by atoms with Crippen LogP contribution >= 0.6 is 0 Å². The van der Waals surface area contributed by atoms with Gasteiger partial charge >= 0.3 is 6.09 Å². The van der Waals surface area contributed by atoms with Crippen LogP contribution < -0.4 is 15.9 Å². The predicted octanol–water partition coefficient (Wildman–Crippen LogP) is 1.84. The van der Waals surface area contributed by atoms with Crippen molar-refractivity contribution >= 4 is 22.8 Å². The fourth-order valence-corrected chi connectivity index (χ4v) is 3.13. The second kappa shape index (κ2) is 9.18. The van der Waals surface area contributed by atoms with E-state index < -0.39 is 18.6 Å². The molecule has 0 unspecified atom stereocenters. The maximum atomic E-state index is 11.5. The molecule has 0 bridgehead atoms. The molecule has 144 valence electrons. The van der Waals surface area contributed by atoms with Crippen molar-refractivity contribution in [2.75, 3.05) is 26.3 Å². The number of primary amides is 1. The van der Waals surface area contributed by atoms with Crippen LogP contribution in [0.1, 0.15) is 19.3 Å². The van der Waals surface area contributed by atoms with Crippen molar-refractivity contribution in [2.24, 2.45) is 11.7 Å². The van der Waals surface area contributed by atoms with Crippen LogP contribution in [0.4, 0.5) is 4.79 Å². The molecule has 1 aromatic carbocycles. The van der Waals surface area contributed by atoms with Crippen LogP contribution in [0.15, 0.2) is 36.7 Å². The number of nitrogens with one attached hydrogen (secondary N) is 1. The maximum Gasteiger partial charge on any atom is 0.422 e. The van der Waals surface area contributed by atoms with Gasteiger partial charge in [-0.1, -0.05) is 6.07 Å². The van der Waals surface area contributed by atoms with Gasteiger partial charge in [-0.05, 0) is 48.8 Å². The highest BCUT2D eigenvalue weighted by molar-refractivity contribution is 5.82. The average Bonchev–Trinajstić information content (AvgIpc) is 2.68. The minimum absolute atomic E-state index is 0.412. The van der Waals surface area contributed by atoms with Crippen molar-refractivity contribution in [1.29, 1.82) is 0 Å². The third-order valence-corrected chi connectivity index (χ3v) is 4.62. The molecule has 1 fully saturated rings. The summed E-state index contributed by atoms with van der Waals surface area (Å²) in [5.74, 6) is 0.727. The number of hydrazine groups is 1. The summed E-state index contributed by atoms with van der Waals surface area (Å²) in [6, 6.07) is 8.00. The molecule has 3 rings (SSSR count). The van der Waals surface area contributed by atoms with E-state index in [1.165, 1.54) is 0 Å². The largest absolute Gasteiger partial charge is 0.494 e. The quantitative estimate of drug-likeness (QED) is 0.768. The zero-order valence-electron chi connectivity index (χ0n) is 15.1. The Morgan fingerprint density at radius 2 is 2.04 bits per heavy atom. The van der Waals surface area contributed by atoms with E-state index in [4.69, 9.17) is 10.5 Å². The second-order valence-corrected chi connectivity index (χ2v) is 6.61. The smallest absolute Gasteiger partial charge is 0.422 e. The molecule has 0 aliphatic carbocycles. The lowest BCUT2D eigenvalue weighted by Gasteiger charge is -2.31. The van der Waals surface area contributed by atoms with Crippen molar-refractivity contribution < 1.29 is 19.1 Å². The fourth-order valence-electron chi connectivity index (χ4n) is 3.13. The first-order valence-electron chi connectivity index (χ1n) is 9.03. The summed E-state index contributed by atoms with van der Waals surface area (Å²) in [6.45, 7) is 1.71. The molecule has 27 heavy (non-hydrogen) atoms. The van der Waals surface area contributed by atoms with Gasteiger partial charge in [-0.2, -0.15) is 0 Å². The number of nitrogens with two attached hydrogens (primary N) is 1.